The molecule has 2 rings (SSSR count). The van der Waals surface area contributed by atoms with Crippen molar-refractivity contribution in [3.63, 3.8) is 0 Å². The van der Waals surface area contributed by atoms with Gasteiger partial charge in [0.25, 0.3) is 0 Å². The van der Waals surface area contributed by atoms with Crippen LogP contribution in [0.15, 0.2) is 16.9 Å². The second-order valence-electron chi connectivity index (χ2n) is 4.11. The van der Waals surface area contributed by atoms with E-state index in [1.807, 2.05) is 0 Å². The molecule has 114 valence electrons. The molecule has 0 bridgehead atoms. The number of hydrogen-bond acceptors (Lipinski definition) is 3. The molecule has 0 unspecified atom stereocenters. The van der Waals surface area contributed by atoms with Crippen molar-refractivity contribution < 1.29 is 18.3 Å². The lowest BCUT2D eigenvalue weighted by atomic mass is 10.2. The van der Waals surface area contributed by atoms with Crippen molar-refractivity contribution in [2.75, 3.05) is 0 Å². The van der Waals surface area contributed by atoms with Crippen LogP contribution < -0.4 is 5.69 Å². The molecule has 0 saturated carbocycles. The third-order valence-corrected chi connectivity index (χ3v) is 3.34. The van der Waals surface area contributed by atoms with Crippen LogP contribution >= 0.6 is 23.2 Å². The molecule has 10 heteroatoms. The largest absolute Gasteiger partial charge is 0.416 e. The molecule has 0 amide bonds. The summed E-state index contributed by atoms with van der Waals surface area (Å²) in [5, 5.41) is 12.1. The van der Waals surface area contributed by atoms with E-state index >= 15 is 0 Å². The summed E-state index contributed by atoms with van der Waals surface area (Å²) in [6, 6.07) is 1.31. The highest BCUT2D eigenvalue weighted by Gasteiger charge is 2.32. The lowest BCUT2D eigenvalue weighted by molar-refractivity contribution is -0.137. The van der Waals surface area contributed by atoms with Gasteiger partial charge in [-0.05, 0) is 12.1 Å². The number of aromatic nitrogens is 3. The second-order valence-corrected chi connectivity index (χ2v) is 4.93. The van der Waals surface area contributed by atoms with Crippen LogP contribution in [0.3, 0.4) is 0 Å². The summed E-state index contributed by atoms with van der Waals surface area (Å²) in [6.07, 6.45) is -4.61. The van der Waals surface area contributed by atoms with Gasteiger partial charge in [-0.1, -0.05) is 23.2 Å². The van der Waals surface area contributed by atoms with Crippen molar-refractivity contribution >= 4 is 23.2 Å². The van der Waals surface area contributed by atoms with Crippen molar-refractivity contribution in [2.24, 2.45) is 7.05 Å². The van der Waals surface area contributed by atoms with Gasteiger partial charge in [-0.2, -0.15) is 17.9 Å². The first-order valence-electron chi connectivity index (χ1n) is 5.49. The SMILES string of the molecule is Cn1c(CO)nn(-c2c(Cl)cc(C(F)(F)F)cc2Cl)c1=O. The minimum Gasteiger partial charge on any atom is -0.388 e. The van der Waals surface area contributed by atoms with Gasteiger partial charge in [0.1, 0.15) is 12.3 Å². The zero-order valence-corrected chi connectivity index (χ0v) is 12.0. The number of rotatable bonds is 2. The lowest BCUT2D eigenvalue weighted by Crippen LogP contribution is -2.22. The predicted molar refractivity (Wildman–Crippen MR) is 69.7 cm³/mol. The summed E-state index contributed by atoms with van der Waals surface area (Å²) in [4.78, 5) is 11.9. The highest BCUT2D eigenvalue weighted by atomic mass is 35.5. The van der Waals surface area contributed by atoms with Crippen molar-refractivity contribution in [3.05, 3.63) is 44.1 Å². The first-order valence-corrected chi connectivity index (χ1v) is 6.24. The quantitative estimate of drug-likeness (QED) is 0.912. The number of nitrogens with zero attached hydrogens (tertiary/aromatic N) is 3. The smallest absolute Gasteiger partial charge is 0.388 e. The van der Waals surface area contributed by atoms with Crippen molar-refractivity contribution in [2.45, 2.75) is 12.8 Å². The molecule has 0 radical (unpaired) electrons. The van der Waals surface area contributed by atoms with Crippen molar-refractivity contribution in [1.82, 2.24) is 14.3 Å². The fourth-order valence-electron chi connectivity index (χ4n) is 1.69. The number of aliphatic hydroxyl groups is 1. The Bertz CT molecular complexity index is 729. The van der Waals surface area contributed by atoms with Crippen LogP contribution in [-0.2, 0) is 19.8 Å². The molecule has 1 N–H and O–H groups in total. The van der Waals surface area contributed by atoms with E-state index < -0.39 is 24.0 Å². The lowest BCUT2D eigenvalue weighted by Gasteiger charge is -2.11. The topological polar surface area (TPSA) is 60.0 Å². The number of aliphatic hydroxyl groups excluding tert-OH is 1. The summed E-state index contributed by atoms with van der Waals surface area (Å²) in [6.45, 7) is -0.519. The van der Waals surface area contributed by atoms with Crippen LogP contribution in [-0.4, -0.2) is 19.5 Å². The Kier molecular flexibility index (Phi) is 4.05. The van der Waals surface area contributed by atoms with Gasteiger partial charge in [0.05, 0.1) is 15.6 Å². The van der Waals surface area contributed by atoms with Gasteiger partial charge in [0.15, 0.2) is 5.82 Å². The average molecular weight is 342 g/mol. The van der Waals surface area contributed by atoms with E-state index in [-0.39, 0.29) is 21.6 Å². The van der Waals surface area contributed by atoms with Crippen LogP contribution in [0.1, 0.15) is 11.4 Å². The maximum absolute atomic E-state index is 12.6. The standard InChI is InChI=1S/C11H8Cl2F3N3O2/c1-18-8(4-20)17-19(10(18)21)9-6(12)2-5(3-7(9)13)11(14,15)16/h2-3,20H,4H2,1H3. The number of hydrogen-bond donors (Lipinski definition) is 1. The minimum atomic E-state index is -4.61. The van der Waals surface area contributed by atoms with Crippen LogP contribution in [0.4, 0.5) is 13.2 Å². The van der Waals surface area contributed by atoms with Crippen LogP contribution in [0.25, 0.3) is 5.69 Å². The molecule has 0 aliphatic heterocycles. The van der Waals surface area contributed by atoms with Crippen LogP contribution in [0.2, 0.25) is 10.0 Å². The molecule has 0 aliphatic carbocycles. The summed E-state index contributed by atoms with van der Waals surface area (Å²) in [5.41, 5.74) is -1.90. The Morgan fingerprint density at radius 1 is 1.29 bits per heavy atom. The molecular weight excluding hydrogens is 334 g/mol. The molecule has 0 fully saturated rings. The van der Waals surface area contributed by atoms with Gasteiger partial charge >= 0.3 is 11.9 Å². The molecule has 0 aliphatic rings. The molecule has 5 nitrogen and oxygen atoms in total. The van der Waals surface area contributed by atoms with Gasteiger partial charge in [-0.25, -0.2) is 4.79 Å². The van der Waals surface area contributed by atoms with Crippen LogP contribution in [0.5, 0.6) is 0 Å². The first-order chi connectivity index (χ1) is 9.66. The summed E-state index contributed by atoms with van der Waals surface area (Å²) >= 11 is 11.6. The van der Waals surface area contributed by atoms with E-state index in [1.54, 1.807) is 0 Å². The molecular formula is C11H8Cl2F3N3O2. The zero-order chi connectivity index (χ0) is 15.9. The van der Waals surface area contributed by atoms with Gasteiger partial charge in [0.2, 0.25) is 0 Å². The van der Waals surface area contributed by atoms with Crippen LogP contribution in [0, 0.1) is 0 Å². The molecule has 2 aromatic rings. The molecule has 0 atom stereocenters. The summed E-state index contributed by atoms with van der Waals surface area (Å²) in [5.74, 6) is 0.0204. The molecule has 1 heterocycles. The second kappa shape index (κ2) is 5.36. The van der Waals surface area contributed by atoms with E-state index in [0.29, 0.717) is 12.1 Å². The molecule has 0 saturated heterocycles. The predicted octanol–water partition coefficient (Wildman–Crippen LogP) is 2.39. The Morgan fingerprint density at radius 2 is 1.81 bits per heavy atom. The normalized spacial score (nSPS) is 12.0. The van der Waals surface area contributed by atoms with E-state index in [2.05, 4.69) is 5.10 Å². The third-order valence-electron chi connectivity index (χ3n) is 2.77. The Hall–Kier alpha value is -1.51. The van der Waals surface area contributed by atoms with Gasteiger partial charge in [0, 0.05) is 7.05 Å². The fourth-order valence-corrected chi connectivity index (χ4v) is 2.34. The van der Waals surface area contributed by atoms with Gasteiger partial charge in [-0.15, -0.1) is 5.10 Å². The molecule has 1 aromatic heterocycles. The number of halogens is 5. The minimum absolute atomic E-state index is 0.0204. The number of alkyl halides is 3. The monoisotopic (exact) mass is 341 g/mol. The molecule has 1 aromatic carbocycles. The Labute approximate surface area is 126 Å². The average Bonchev–Trinajstić information content (AvgIpc) is 2.65. The Morgan fingerprint density at radius 3 is 2.19 bits per heavy atom. The van der Waals surface area contributed by atoms with E-state index in [0.717, 1.165) is 9.25 Å². The maximum Gasteiger partial charge on any atom is 0.416 e. The highest BCUT2D eigenvalue weighted by molar-refractivity contribution is 6.37. The molecule has 0 spiro atoms. The van der Waals surface area contributed by atoms with E-state index in [1.165, 1.54) is 7.05 Å². The van der Waals surface area contributed by atoms with E-state index in [9.17, 15) is 18.0 Å². The number of benzene rings is 1. The Balaban J connectivity index is 2.69. The first kappa shape index (κ1) is 15.9. The summed E-state index contributed by atoms with van der Waals surface area (Å²) in [7, 11) is 1.35. The zero-order valence-electron chi connectivity index (χ0n) is 10.4. The fraction of sp³-hybridized carbons (Fsp3) is 0.273. The molecule has 21 heavy (non-hydrogen) atoms. The van der Waals surface area contributed by atoms with Gasteiger partial charge in [-0.3, -0.25) is 4.57 Å². The maximum atomic E-state index is 12.6. The van der Waals surface area contributed by atoms with Crippen molar-refractivity contribution in [1.29, 1.82) is 0 Å². The van der Waals surface area contributed by atoms with Crippen molar-refractivity contribution in [3.8, 4) is 5.69 Å². The third kappa shape index (κ3) is 2.78. The van der Waals surface area contributed by atoms with E-state index in [4.69, 9.17) is 28.3 Å². The highest BCUT2D eigenvalue weighted by Crippen LogP contribution is 2.36. The van der Waals surface area contributed by atoms with Gasteiger partial charge < -0.3 is 5.11 Å². The summed E-state index contributed by atoms with van der Waals surface area (Å²) < 4.78 is 39.7.